The molecule has 4 heteroatoms. The van der Waals surface area contributed by atoms with Gasteiger partial charge < -0.3 is 10.6 Å². The van der Waals surface area contributed by atoms with Crippen LogP contribution in [-0.4, -0.2) is 30.8 Å². The van der Waals surface area contributed by atoms with Gasteiger partial charge in [0.05, 0.1) is 0 Å². The summed E-state index contributed by atoms with van der Waals surface area (Å²) >= 11 is 0. The van der Waals surface area contributed by atoms with Crippen molar-refractivity contribution in [1.82, 2.24) is 5.32 Å². The zero-order chi connectivity index (χ0) is 11.7. The van der Waals surface area contributed by atoms with Gasteiger partial charge in [0.1, 0.15) is 5.54 Å². The number of carbonyl (C=O) groups excluding carboxylic acids is 1. The number of piperidine rings is 1. The molecule has 0 aromatic heterocycles. The molecule has 0 unspecified atom stereocenters. The molecule has 1 fully saturated rings. The first-order valence-corrected chi connectivity index (χ1v) is 5.97. The minimum Gasteiger partial charge on any atom is -0.323 e. The SMILES string of the molecule is O=C1Nc2ccccc2C=NC12CCNCC2. The second kappa shape index (κ2) is 3.96. The van der Waals surface area contributed by atoms with E-state index in [9.17, 15) is 4.79 Å². The summed E-state index contributed by atoms with van der Waals surface area (Å²) in [7, 11) is 0. The topological polar surface area (TPSA) is 53.5 Å². The van der Waals surface area contributed by atoms with Gasteiger partial charge in [-0.3, -0.25) is 9.79 Å². The van der Waals surface area contributed by atoms with E-state index in [2.05, 4.69) is 15.6 Å². The van der Waals surface area contributed by atoms with E-state index in [1.54, 1.807) is 0 Å². The van der Waals surface area contributed by atoms with Crippen molar-refractivity contribution in [3.63, 3.8) is 0 Å². The van der Waals surface area contributed by atoms with Crippen LogP contribution in [0.15, 0.2) is 29.3 Å². The first kappa shape index (κ1) is 10.5. The highest BCUT2D eigenvalue weighted by Gasteiger charge is 2.40. The molecule has 1 amide bonds. The molecule has 1 aromatic rings. The maximum absolute atomic E-state index is 12.3. The Morgan fingerprint density at radius 2 is 1.94 bits per heavy atom. The number of anilines is 1. The molecule has 2 heterocycles. The lowest BCUT2D eigenvalue weighted by molar-refractivity contribution is -0.121. The minimum atomic E-state index is -0.565. The van der Waals surface area contributed by atoms with Gasteiger partial charge in [0.25, 0.3) is 5.91 Å². The number of carbonyl (C=O) groups is 1. The Kier molecular flexibility index (Phi) is 2.44. The Balaban J connectivity index is 2.00. The number of hydrogen-bond donors (Lipinski definition) is 2. The normalized spacial score (nSPS) is 21.8. The smallest absolute Gasteiger partial charge is 0.252 e. The summed E-state index contributed by atoms with van der Waals surface area (Å²) in [6.07, 6.45) is 3.37. The number of para-hydroxylation sites is 1. The summed E-state index contributed by atoms with van der Waals surface area (Å²) in [5, 5.41) is 6.26. The van der Waals surface area contributed by atoms with E-state index >= 15 is 0 Å². The van der Waals surface area contributed by atoms with Gasteiger partial charge in [0.15, 0.2) is 0 Å². The first-order valence-electron chi connectivity index (χ1n) is 5.97. The predicted octanol–water partition coefficient (Wildman–Crippen LogP) is 1.18. The van der Waals surface area contributed by atoms with Crippen LogP contribution in [0.2, 0.25) is 0 Å². The lowest BCUT2D eigenvalue weighted by atomic mass is 9.88. The van der Waals surface area contributed by atoms with E-state index in [1.165, 1.54) is 0 Å². The molecule has 0 aliphatic carbocycles. The highest BCUT2D eigenvalue weighted by atomic mass is 16.2. The van der Waals surface area contributed by atoms with Gasteiger partial charge in [-0.1, -0.05) is 18.2 Å². The van der Waals surface area contributed by atoms with Crippen LogP contribution < -0.4 is 10.6 Å². The molecule has 0 bridgehead atoms. The van der Waals surface area contributed by atoms with E-state index in [0.29, 0.717) is 0 Å². The van der Waals surface area contributed by atoms with Gasteiger partial charge >= 0.3 is 0 Å². The number of rotatable bonds is 0. The van der Waals surface area contributed by atoms with Crippen molar-refractivity contribution < 1.29 is 4.79 Å². The molecule has 17 heavy (non-hydrogen) atoms. The summed E-state index contributed by atoms with van der Waals surface area (Å²) in [4.78, 5) is 16.9. The number of amides is 1. The van der Waals surface area contributed by atoms with Crippen molar-refractivity contribution in [1.29, 1.82) is 0 Å². The molecule has 0 atom stereocenters. The van der Waals surface area contributed by atoms with Crippen LogP contribution in [-0.2, 0) is 4.79 Å². The van der Waals surface area contributed by atoms with Gasteiger partial charge in [-0.2, -0.15) is 0 Å². The van der Waals surface area contributed by atoms with Gasteiger partial charge in [0, 0.05) is 17.5 Å². The van der Waals surface area contributed by atoms with Crippen LogP contribution in [0.5, 0.6) is 0 Å². The molecule has 3 rings (SSSR count). The van der Waals surface area contributed by atoms with Crippen molar-refractivity contribution in [2.45, 2.75) is 18.4 Å². The highest BCUT2D eigenvalue weighted by Crippen LogP contribution is 2.28. The van der Waals surface area contributed by atoms with E-state index < -0.39 is 5.54 Å². The van der Waals surface area contributed by atoms with Gasteiger partial charge in [-0.25, -0.2) is 0 Å². The molecule has 1 saturated heterocycles. The average Bonchev–Trinajstić information content (AvgIpc) is 2.50. The third kappa shape index (κ3) is 1.74. The van der Waals surface area contributed by atoms with Crippen molar-refractivity contribution in [3.8, 4) is 0 Å². The van der Waals surface area contributed by atoms with Crippen molar-refractivity contribution in [3.05, 3.63) is 29.8 Å². The fraction of sp³-hybridized carbons (Fsp3) is 0.385. The summed E-state index contributed by atoms with van der Waals surface area (Å²) in [6, 6.07) is 7.77. The first-order chi connectivity index (χ1) is 8.30. The lowest BCUT2D eigenvalue weighted by Crippen LogP contribution is -2.48. The summed E-state index contributed by atoms with van der Waals surface area (Å²) in [5.74, 6) is 0.0280. The van der Waals surface area contributed by atoms with Gasteiger partial charge in [0.2, 0.25) is 0 Å². The maximum Gasteiger partial charge on any atom is 0.252 e. The van der Waals surface area contributed by atoms with Crippen LogP contribution in [0.1, 0.15) is 18.4 Å². The highest BCUT2D eigenvalue weighted by molar-refractivity contribution is 6.05. The molecule has 0 saturated carbocycles. The molecule has 88 valence electrons. The fourth-order valence-corrected chi connectivity index (χ4v) is 2.41. The molecular formula is C13H15N3O. The van der Waals surface area contributed by atoms with Gasteiger partial charge in [-0.05, 0) is 32.0 Å². The molecule has 4 nitrogen and oxygen atoms in total. The maximum atomic E-state index is 12.3. The van der Waals surface area contributed by atoms with E-state index in [-0.39, 0.29) is 5.91 Å². The molecule has 2 aliphatic rings. The Morgan fingerprint density at radius 3 is 2.76 bits per heavy atom. The Morgan fingerprint density at radius 1 is 1.18 bits per heavy atom. The predicted molar refractivity (Wildman–Crippen MR) is 67.5 cm³/mol. The van der Waals surface area contributed by atoms with Crippen molar-refractivity contribution >= 4 is 17.8 Å². The third-order valence-corrected chi connectivity index (χ3v) is 3.51. The number of aliphatic imine (C=N–C) groups is 1. The quantitative estimate of drug-likeness (QED) is 0.702. The molecule has 1 spiro atoms. The Labute approximate surface area is 100 Å². The summed E-state index contributed by atoms with van der Waals surface area (Å²) in [5.41, 5.74) is 1.28. The van der Waals surface area contributed by atoms with Gasteiger partial charge in [-0.15, -0.1) is 0 Å². The number of fused-ring (bicyclic) bond motifs is 1. The Hall–Kier alpha value is -1.68. The summed E-state index contributed by atoms with van der Waals surface area (Å²) < 4.78 is 0. The van der Waals surface area contributed by atoms with Crippen LogP contribution in [0.4, 0.5) is 5.69 Å². The second-order valence-corrected chi connectivity index (χ2v) is 4.58. The van der Waals surface area contributed by atoms with Crippen molar-refractivity contribution in [2.24, 2.45) is 4.99 Å². The molecule has 2 N–H and O–H groups in total. The number of nitrogens with zero attached hydrogens (tertiary/aromatic N) is 1. The molecule has 2 aliphatic heterocycles. The average molecular weight is 229 g/mol. The van der Waals surface area contributed by atoms with E-state index in [4.69, 9.17) is 0 Å². The number of benzene rings is 1. The zero-order valence-electron chi connectivity index (χ0n) is 9.57. The summed E-state index contributed by atoms with van der Waals surface area (Å²) in [6.45, 7) is 1.70. The van der Waals surface area contributed by atoms with Crippen LogP contribution in [0, 0.1) is 0 Å². The van der Waals surface area contributed by atoms with E-state index in [1.807, 2.05) is 30.5 Å². The second-order valence-electron chi connectivity index (χ2n) is 4.58. The third-order valence-electron chi connectivity index (χ3n) is 3.51. The minimum absolute atomic E-state index is 0.0280. The van der Waals surface area contributed by atoms with Crippen LogP contribution >= 0.6 is 0 Å². The monoisotopic (exact) mass is 229 g/mol. The van der Waals surface area contributed by atoms with Crippen LogP contribution in [0.3, 0.4) is 0 Å². The number of hydrogen-bond acceptors (Lipinski definition) is 3. The fourth-order valence-electron chi connectivity index (χ4n) is 2.41. The van der Waals surface area contributed by atoms with E-state index in [0.717, 1.165) is 37.2 Å². The standard InChI is InChI=1S/C13H15N3O/c17-12-13(5-7-14-8-6-13)15-9-10-3-1-2-4-11(10)16-12/h1-4,9,14H,5-8H2,(H,16,17). The largest absolute Gasteiger partial charge is 0.323 e. The molecule has 1 aromatic carbocycles. The number of nitrogens with one attached hydrogen (secondary N) is 2. The Bertz CT molecular complexity index is 475. The van der Waals surface area contributed by atoms with Crippen LogP contribution in [0.25, 0.3) is 0 Å². The zero-order valence-corrected chi connectivity index (χ0v) is 9.57. The lowest BCUT2D eigenvalue weighted by Gasteiger charge is -2.31. The van der Waals surface area contributed by atoms with Crippen molar-refractivity contribution in [2.75, 3.05) is 18.4 Å². The molecule has 0 radical (unpaired) electrons. The molecular weight excluding hydrogens is 214 g/mol.